The molecule has 152 valence electrons. The van der Waals surface area contributed by atoms with E-state index in [1.165, 1.54) is 40.8 Å². The van der Waals surface area contributed by atoms with Gasteiger partial charge in [0, 0.05) is 29.4 Å². The molecule has 3 aromatic heterocycles. The summed E-state index contributed by atoms with van der Waals surface area (Å²) in [5, 5.41) is 4.78. The van der Waals surface area contributed by atoms with Crippen molar-refractivity contribution < 1.29 is 4.39 Å². The zero-order chi connectivity index (χ0) is 20.3. The fraction of sp³-hybridized carbons (Fsp3) is 0.292. The van der Waals surface area contributed by atoms with E-state index in [2.05, 4.69) is 10.3 Å². The molecule has 1 aliphatic rings. The summed E-state index contributed by atoms with van der Waals surface area (Å²) in [5.74, 6) is 1.49. The molecule has 1 aliphatic carbocycles. The number of nitrogens with one attached hydrogen (secondary N) is 1. The third-order valence-corrected chi connectivity index (χ3v) is 6.79. The summed E-state index contributed by atoms with van der Waals surface area (Å²) in [4.78, 5) is 16.5. The number of hydrogen-bond donors (Lipinski definition) is 1. The van der Waals surface area contributed by atoms with Crippen LogP contribution in [0.5, 0.6) is 0 Å². The minimum Gasteiger partial charge on any atom is -0.369 e. The van der Waals surface area contributed by atoms with Crippen molar-refractivity contribution in [3.63, 3.8) is 0 Å². The molecule has 0 atom stereocenters. The predicted octanol–water partition coefficient (Wildman–Crippen LogP) is 5.82. The van der Waals surface area contributed by atoms with Crippen molar-refractivity contribution in [2.24, 2.45) is 0 Å². The lowest BCUT2D eigenvalue weighted by atomic mass is 9.97. The fourth-order valence-corrected chi connectivity index (χ4v) is 5.33. The third kappa shape index (κ3) is 3.92. The van der Waals surface area contributed by atoms with Gasteiger partial charge in [-0.2, -0.15) is 0 Å². The summed E-state index contributed by atoms with van der Waals surface area (Å²) in [6, 6.07) is 10.7. The first kappa shape index (κ1) is 19.1. The lowest BCUT2D eigenvalue weighted by Gasteiger charge is -2.13. The first-order valence-electron chi connectivity index (χ1n) is 10.5. The fourth-order valence-electron chi connectivity index (χ4n) is 4.07. The molecule has 4 nitrogen and oxygen atoms in total. The summed E-state index contributed by atoms with van der Waals surface area (Å²) in [6.45, 7) is 0.809. The topological polar surface area (TPSA) is 50.7 Å². The zero-order valence-corrected chi connectivity index (χ0v) is 17.5. The van der Waals surface area contributed by atoms with Gasteiger partial charge in [-0.3, -0.25) is 4.98 Å². The molecule has 0 spiro atoms. The molecule has 30 heavy (non-hydrogen) atoms. The molecule has 0 saturated heterocycles. The Balaban J connectivity index is 1.42. The lowest BCUT2D eigenvalue weighted by Crippen LogP contribution is -2.08. The standard InChI is InChI=1S/C24H23FN4S/c25-18-9-7-16(8-10-18)4-3-13-27-23-21-19-5-1-2-6-20(19)30-24(21)29-22(28-23)17-11-14-26-15-12-17/h7-12,14-15H,1-6,13H2,(H,27,28,29). The van der Waals surface area contributed by atoms with Gasteiger partial charge < -0.3 is 5.32 Å². The van der Waals surface area contributed by atoms with E-state index in [1.807, 2.05) is 35.6 Å². The first-order chi connectivity index (χ1) is 14.8. The minimum atomic E-state index is -0.189. The van der Waals surface area contributed by atoms with Gasteiger partial charge in [0.05, 0.1) is 5.39 Å². The quantitative estimate of drug-likeness (QED) is 0.401. The molecule has 0 radical (unpaired) electrons. The van der Waals surface area contributed by atoms with Crippen LogP contribution in [0, 0.1) is 5.82 Å². The molecular weight excluding hydrogens is 395 g/mol. The molecule has 0 aliphatic heterocycles. The maximum atomic E-state index is 13.1. The molecule has 0 unspecified atom stereocenters. The smallest absolute Gasteiger partial charge is 0.163 e. The SMILES string of the molecule is Fc1ccc(CCCNc2nc(-c3ccncc3)nc3sc4c(c23)CCCC4)cc1. The molecule has 3 heterocycles. The Morgan fingerprint density at radius 1 is 0.967 bits per heavy atom. The van der Waals surface area contributed by atoms with E-state index in [9.17, 15) is 4.39 Å². The average molecular weight is 419 g/mol. The van der Waals surface area contributed by atoms with Gasteiger partial charge in [-0.05, 0) is 73.9 Å². The van der Waals surface area contributed by atoms with E-state index >= 15 is 0 Å². The lowest BCUT2D eigenvalue weighted by molar-refractivity contribution is 0.626. The maximum Gasteiger partial charge on any atom is 0.163 e. The van der Waals surface area contributed by atoms with Crippen LogP contribution in [-0.2, 0) is 19.3 Å². The highest BCUT2D eigenvalue weighted by molar-refractivity contribution is 7.19. The Labute approximate surface area is 179 Å². The number of aromatic nitrogens is 3. The summed E-state index contributed by atoms with van der Waals surface area (Å²) in [6.07, 6.45) is 10.1. The van der Waals surface area contributed by atoms with Gasteiger partial charge in [0.2, 0.25) is 0 Å². The second-order valence-corrected chi connectivity index (χ2v) is 8.76. The summed E-state index contributed by atoms with van der Waals surface area (Å²) in [7, 11) is 0. The van der Waals surface area contributed by atoms with Crippen LogP contribution in [-0.4, -0.2) is 21.5 Å². The highest BCUT2D eigenvalue weighted by Crippen LogP contribution is 2.39. The number of anilines is 1. The van der Waals surface area contributed by atoms with E-state index in [1.54, 1.807) is 12.4 Å². The van der Waals surface area contributed by atoms with Crippen molar-refractivity contribution in [2.75, 3.05) is 11.9 Å². The van der Waals surface area contributed by atoms with Gasteiger partial charge in [-0.1, -0.05) is 12.1 Å². The van der Waals surface area contributed by atoms with Crippen LogP contribution in [0.25, 0.3) is 21.6 Å². The molecule has 4 aromatic rings. The highest BCUT2D eigenvalue weighted by atomic mass is 32.1. The van der Waals surface area contributed by atoms with Crippen LogP contribution in [0.2, 0.25) is 0 Å². The molecular formula is C24H23FN4S. The Hall–Kier alpha value is -2.86. The van der Waals surface area contributed by atoms with E-state index in [4.69, 9.17) is 9.97 Å². The van der Waals surface area contributed by atoms with Crippen LogP contribution < -0.4 is 5.32 Å². The predicted molar refractivity (Wildman–Crippen MR) is 120 cm³/mol. The van der Waals surface area contributed by atoms with Crippen LogP contribution >= 0.6 is 11.3 Å². The van der Waals surface area contributed by atoms with Gasteiger partial charge in [-0.25, -0.2) is 14.4 Å². The van der Waals surface area contributed by atoms with Gasteiger partial charge in [-0.15, -0.1) is 11.3 Å². The van der Waals surface area contributed by atoms with Crippen molar-refractivity contribution in [3.8, 4) is 11.4 Å². The van der Waals surface area contributed by atoms with Crippen LogP contribution in [0.1, 0.15) is 35.3 Å². The van der Waals surface area contributed by atoms with Gasteiger partial charge in [0.25, 0.3) is 0 Å². The third-order valence-electron chi connectivity index (χ3n) is 5.60. The van der Waals surface area contributed by atoms with Crippen molar-refractivity contribution >= 4 is 27.4 Å². The molecule has 1 aromatic carbocycles. The largest absolute Gasteiger partial charge is 0.369 e. The van der Waals surface area contributed by atoms with E-state index < -0.39 is 0 Å². The zero-order valence-electron chi connectivity index (χ0n) is 16.7. The average Bonchev–Trinajstić information content (AvgIpc) is 3.17. The number of rotatable bonds is 6. The highest BCUT2D eigenvalue weighted by Gasteiger charge is 2.21. The number of nitrogens with zero attached hydrogens (tertiary/aromatic N) is 3. The second kappa shape index (κ2) is 8.48. The van der Waals surface area contributed by atoms with Crippen molar-refractivity contribution in [1.82, 2.24) is 15.0 Å². The first-order valence-corrected chi connectivity index (χ1v) is 11.3. The molecule has 1 N–H and O–H groups in total. The number of aryl methyl sites for hydroxylation is 3. The number of thiophene rings is 1. The van der Waals surface area contributed by atoms with Gasteiger partial charge in [0.15, 0.2) is 5.82 Å². The number of benzene rings is 1. The van der Waals surface area contributed by atoms with E-state index in [0.717, 1.165) is 59.8 Å². The molecule has 0 saturated carbocycles. The number of fused-ring (bicyclic) bond motifs is 3. The Morgan fingerprint density at radius 2 is 1.77 bits per heavy atom. The molecule has 0 fully saturated rings. The van der Waals surface area contributed by atoms with E-state index in [0.29, 0.717) is 0 Å². The minimum absolute atomic E-state index is 0.189. The van der Waals surface area contributed by atoms with Crippen LogP contribution in [0.3, 0.4) is 0 Å². The summed E-state index contributed by atoms with van der Waals surface area (Å²) < 4.78 is 13.1. The maximum absolute atomic E-state index is 13.1. The van der Waals surface area contributed by atoms with Crippen molar-refractivity contribution in [1.29, 1.82) is 0 Å². The van der Waals surface area contributed by atoms with Crippen LogP contribution in [0.4, 0.5) is 10.2 Å². The Kier molecular flexibility index (Phi) is 5.41. The number of hydrogen-bond acceptors (Lipinski definition) is 5. The monoisotopic (exact) mass is 418 g/mol. The number of halogens is 1. The Morgan fingerprint density at radius 3 is 2.60 bits per heavy atom. The molecule has 6 heteroatoms. The summed E-state index contributed by atoms with van der Waals surface area (Å²) >= 11 is 1.82. The van der Waals surface area contributed by atoms with Crippen LogP contribution in [0.15, 0.2) is 48.8 Å². The van der Waals surface area contributed by atoms with Gasteiger partial charge in [0.1, 0.15) is 16.5 Å². The normalized spacial score (nSPS) is 13.4. The second-order valence-electron chi connectivity index (χ2n) is 7.68. The van der Waals surface area contributed by atoms with Crippen molar-refractivity contribution in [2.45, 2.75) is 38.5 Å². The molecule has 0 amide bonds. The summed E-state index contributed by atoms with van der Waals surface area (Å²) in [5.41, 5.74) is 3.56. The molecule has 0 bridgehead atoms. The van der Waals surface area contributed by atoms with E-state index in [-0.39, 0.29) is 5.82 Å². The Bertz CT molecular complexity index is 1160. The number of pyridine rings is 1. The van der Waals surface area contributed by atoms with Gasteiger partial charge >= 0.3 is 0 Å². The van der Waals surface area contributed by atoms with Crippen molar-refractivity contribution in [3.05, 3.63) is 70.6 Å². The molecule has 5 rings (SSSR count).